The van der Waals surface area contributed by atoms with Crippen molar-refractivity contribution >= 4 is 5.78 Å². The molecule has 0 heterocycles. The third-order valence-electron chi connectivity index (χ3n) is 2.53. The van der Waals surface area contributed by atoms with E-state index in [2.05, 4.69) is 11.8 Å². The maximum atomic E-state index is 11.0. The van der Waals surface area contributed by atoms with Crippen LogP contribution in [0.15, 0.2) is 54.6 Å². The van der Waals surface area contributed by atoms with Gasteiger partial charge >= 0.3 is 0 Å². The Balaban J connectivity index is 2.12. The molecular weight excluding hydrogens is 220 g/mol. The fourth-order valence-corrected chi connectivity index (χ4v) is 1.66. The van der Waals surface area contributed by atoms with Crippen LogP contribution in [0.5, 0.6) is 0 Å². The van der Waals surface area contributed by atoms with Crippen molar-refractivity contribution in [1.82, 2.24) is 0 Å². The molecule has 0 amide bonds. The number of carbonyl (C=O) groups excluding carboxylic acids is 1. The van der Waals surface area contributed by atoms with E-state index in [1.54, 1.807) is 6.92 Å². The number of Topliss-reactive ketones (excluding diaryl/α,β-unsaturated/α-hetero) is 1. The number of carbonyl (C=O) groups is 1. The molecule has 18 heavy (non-hydrogen) atoms. The second-order valence-electron chi connectivity index (χ2n) is 4.19. The van der Waals surface area contributed by atoms with E-state index in [1.807, 2.05) is 54.6 Å². The van der Waals surface area contributed by atoms with Crippen molar-refractivity contribution in [2.24, 2.45) is 0 Å². The van der Waals surface area contributed by atoms with Gasteiger partial charge in [0.25, 0.3) is 0 Å². The summed E-state index contributed by atoms with van der Waals surface area (Å²) in [5.74, 6) is 6.39. The van der Waals surface area contributed by atoms with E-state index in [0.29, 0.717) is 6.42 Å². The highest BCUT2D eigenvalue weighted by Crippen LogP contribution is 2.05. The van der Waals surface area contributed by atoms with Crippen LogP contribution < -0.4 is 0 Å². The normalized spacial score (nSPS) is 9.39. The maximum Gasteiger partial charge on any atom is 0.134 e. The van der Waals surface area contributed by atoms with Gasteiger partial charge in [0.2, 0.25) is 0 Å². The minimum Gasteiger partial charge on any atom is -0.300 e. The van der Waals surface area contributed by atoms with E-state index in [1.165, 1.54) is 0 Å². The summed E-state index contributed by atoms with van der Waals surface area (Å²) in [6.07, 6.45) is 0.492. The molecule has 0 saturated heterocycles. The Morgan fingerprint density at radius 3 is 2.00 bits per heavy atom. The lowest BCUT2D eigenvalue weighted by Gasteiger charge is -1.97. The summed E-state index contributed by atoms with van der Waals surface area (Å²) >= 11 is 0. The molecule has 2 aromatic carbocycles. The zero-order chi connectivity index (χ0) is 12.8. The average Bonchev–Trinajstić information content (AvgIpc) is 2.38. The Kier molecular flexibility index (Phi) is 3.94. The van der Waals surface area contributed by atoms with Crippen molar-refractivity contribution in [2.75, 3.05) is 0 Å². The summed E-state index contributed by atoms with van der Waals surface area (Å²) in [7, 11) is 0. The Hall–Kier alpha value is -2.33. The minimum absolute atomic E-state index is 0.179. The minimum atomic E-state index is 0.179. The first-order chi connectivity index (χ1) is 8.74. The fraction of sp³-hybridized carbons (Fsp3) is 0.118. The van der Waals surface area contributed by atoms with E-state index < -0.39 is 0 Å². The van der Waals surface area contributed by atoms with Gasteiger partial charge in [0.15, 0.2) is 0 Å². The molecule has 2 rings (SSSR count). The first-order valence-electron chi connectivity index (χ1n) is 5.89. The van der Waals surface area contributed by atoms with Crippen molar-refractivity contribution in [3.8, 4) is 11.8 Å². The summed E-state index contributed by atoms with van der Waals surface area (Å²) in [5, 5.41) is 0. The van der Waals surface area contributed by atoms with Crippen molar-refractivity contribution < 1.29 is 4.79 Å². The van der Waals surface area contributed by atoms with Crippen LogP contribution in [0.4, 0.5) is 0 Å². The Labute approximate surface area is 107 Å². The first-order valence-corrected chi connectivity index (χ1v) is 5.89. The van der Waals surface area contributed by atoms with E-state index in [0.717, 1.165) is 16.7 Å². The third-order valence-corrected chi connectivity index (χ3v) is 2.53. The first kappa shape index (κ1) is 12.1. The van der Waals surface area contributed by atoms with Crippen LogP contribution in [-0.4, -0.2) is 5.78 Å². The van der Waals surface area contributed by atoms with Gasteiger partial charge in [-0.05, 0) is 36.8 Å². The molecule has 0 aliphatic heterocycles. The van der Waals surface area contributed by atoms with Crippen LogP contribution in [-0.2, 0) is 11.2 Å². The molecule has 0 spiro atoms. The lowest BCUT2D eigenvalue weighted by molar-refractivity contribution is -0.116. The molecule has 1 nitrogen and oxygen atoms in total. The monoisotopic (exact) mass is 234 g/mol. The lowest BCUT2D eigenvalue weighted by Crippen LogP contribution is -1.95. The Morgan fingerprint density at radius 2 is 1.44 bits per heavy atom. The molecule has 0 bridgehead atoms. The van der Waals surface area contributed by atoms with Gasteiger partial charge in [-0.2, -0.15) is 0 Å². The smallest absolute Gasteiger partial charge is 0.134 e. The van der Waals surface area contributed by atoms with E-state index in [9.17, 15) is 4.79 Å². The highest BCUT2D eigenvalue weighted by atomic mass is 16.1. The molecule has 0 aromatic heterocycles. The predicted octanol–water partition coefficient (Wildman–Crippen LogP) is 3.22. The van der Waals surface area contributed by atoms with Gasteiger partial charge in [-0.25, -0.2) is 0 Å². The standard InChI is InChI=1S/C17H14O/c1-14(18)13-17-11-9-16(10-12-17)8-7-15-5-3-2-4-6-15/h2-6,9-12H,13H2,1H3. The van der Waals surface area contributed by atoms with Crippen molar-refractivity contribution in [2.45, 2.75) is 13.3 Å². The zero-order valence-electron chi connectivity index (χ0n) is 10.3. The van der Waals surface area contributed by atoms with Gasteiger partial charge in [-0.3, -0.25) is 4.79 Å². The topological polar surface area (TPSA) is 17.1 Å². The average molecular weight is 234 g/mol. The highest BCUT2D eigenvalue weighted by molar-refractivity contribution is 5.78. The van der Waals surface area contributed by atoms with Crippen LogP contribution in [0.1, 0.15) is 23.6 Å². The van der Waals surface area contributed by atoms with Crippen LogP contribution in [0.3, 0.4) is 0 Å². The molecule has 0 saturated carbocycles. The Bertz CT molecular complexity index is 583. The highest BCUT2D eigenvalue weighted by Gasteiger charge is 1.96. The van der Waals surface area contributed by atoms with E-state index >= 15 is 0 Å². The summed E-state index contributed by atoms with van der Waals surface area (Å²) in [6.45, 7) is 1.60. The molecule has 0 unspecified atom stereocenters. The van der Waals surface area contributed by atoms with Crippen molar-refractivity contribution in [3.05, 3.63) is 71.3 Å². The quantitative estimate of drug-likeness (QED) is 0.729. The van der Waals surface area contributed by atoms with E-state index in [-0.39, 0.29) is 5.78 Å². The van der Waals surface area contributed by atoms with Gasteiger partial charge < -0.3 is 0 Å². The maximum absolute atomic E-state index is 11.0. The number of rotatable bonds is 2. The van der Waals surface area contributed by atoms with Gasteiger partial charge in [0, 0.05) is 17.5 Å². The molecule has 0 aliphatic carbocycles. The summed E-state index contributed by atoms with van der Waals surface area (Å²) in [5.41, 5.74) is 3.00. The number of hydrogen-bond donors (Lipinski definition) is 0. The predicted molar refractivity (Wildman–Crippen MR) is 73.2 cm³/mol. The van der Waals surface area contributed by atoms with Gasteiger partial charge in [0.05, 0.1) is 0 Å². The van der Waals surface area contributed by atoms with Crippen molar-refractivity contribution in [1.29, 1.82) is 0 Å². The van der Waals surface area contributed by atoms with Gasteiger partial charge in [0.1, 0.15) is 5.78 Å². The lowest BCUT2D eigenvalue weighted by atomic mass is 10.1. The molecule has 0 atom stereocenters. The number of hydrogen-bond acceptors (Lipinski definition) is 1. The summed E-state index contributed by atoms with van der Waals surface area (Å²) in [4.78, 5) is 11.0. The molecule has 88 valence electrons. The molecule has 0 N–H and O–H groups in total. The molecule has 0 radical (unpaired) electrons. The van der Waals surface area contributed by atoms with Crippen molar-refractivity contribution in [3.63, 3.8) is 0 Å². The largest absolute Gasteiger partial charge is 0.300 e. The van der Waals surface area contributed by atoms with Crippen LogP contribution in [0, 0.1) is 11.8 Å². The third kappa shape index (κ3) is 3.61. The second-order valence-corrected chi connectivity index (χ2v) is 4.19. The summed E-state index contributed by atoms with van der Waals surface area (Å²) < 4.78 is 0. The molecule has 0 fully saturated rings. The van der Waals surface area contributed by atoms with Crippen LogP contribution >= 0.6 is 0 Å². The zero-order valence-corrected chi connectivity index (χ0v) is 10.3. The molecule has 1 heteroatoms. The van der Waals surface area contributed by atoms with Crippen LogP contribution in [0.25, 0.3) is 0 Å². The van der Waals surface area contributed by atoms with E-state index in [4.69, 9.17) is 0 Å². The summed E-state index contributed by atoms with van der Waals surface area (Å²) in [6, 6.07) is 17.7. The SMILES string of the molecule is CC(=O)Cc1ccc(C#Cc2ccccc2)cc1. The molecule has 2 aromatic rings. The number of benzene rings is 2. The Morgan fingerprint density at radius 1 is 0.889 bits per heavy atom. The van der Waals surface area contributed by atoms with Crippen LogP contribution in [0.2, 0.25) is 0 Å². The van der Waals surface area contributed by atoms with Gasteiger partial charge in [-0.15, -0.1) is 0 Å². The second kappa shape index (κ2) is 5.84. The number of ketones is 1. The fourth-order valence-electron chi connectivity index (χ4n) is 1.66. The molecular formula is C17H14O. The molecule has 0 aliphatic rings. The van der Waals surface area contributed by atoms with Gasteiger partial charge in [-0.1, -0.05) is 42.2 Å².